The van der Waals surface area contributed by atoms with Gasteiger partial charge < -0.3 is 0 Å². The molecule has 0 N–H and O–H groups in total. The maximum atomic E-state index is 12.1. The highest BCUT2D eigenvalue weighted by Gasteiger charge is 2.33. The fraction of sp³-hybridized carbons (Fsp3) is 0.571. The Morgan fingerprint density at radius 2 is 2.07 bits per heavy atom. The van der Waals surface area contributed by atoms with Gasteiger partial charge in [0.25, 0.3) is 0 Å². The summed E-state index contributed by atoms with van der Waals surface area (Å²) in [6.07, 6.45) is 2.30. The Labute approximate surface area is 88.4 Å². The van der Waals surface area contributed by atoms with E-state index in [0.29, 0.717) is 0 Å². The number of hydrogen-bond donors (Lipinski definition) is 0. The minimum Gasteiger partial charge on any atom is -0.254 e. The third kappa shape index (κ3) is 2.81. The van der Waals surface area contributed by atoms with Crippen molar-refractivity contribution in [3.05, 3.63) is 11.2 Å². The third-order valence-electron chi connectivity index (χ3n) is 1.35. The van der Waals surface area contributed by atoms with Crippen LogP contribution in [-0.4, -0.2) is 15.3 Å². The van der Waals surface area contributed by atoms with Gasteiger partial charge in [0.2, 0.25) is 0 Å². The molecule has 7 heteroatoms. The van der Waals surface area contributed by atoms with Crippen LogP contribution in [0.1, 0.15) is 19.9 Å². The second-order valence-corrected chi connectivity index (χ2v) is 4.25. The minimum absolute atomic E-state index is 0.0963. The van der Waals surface area contributed by atoms with Crippen molar-refractivity contribution in [2.75, 3.05) is 0 Å². The number of thioether (sulfide) groups is 1. The van der Waals surface area contributed by atoms with Crippen molar-refractivity contribution in [2.45, 2.75) is 30.4 Å². The second-order valence-electron chi connectivity index (χ2n) is 2.82. The Kier molecular flexibility index (Phi) is 3.36. The van der Waals surface area contributed by atoms with Crippen molar-refractivity contribution in [1.29, 1.82) is 0 Å². The molecule has 0 saturated heterocycles. The van der Waals surface area contributed by atoms with Crippen LogP contribution in [0.2, 0.25) is 5.02 Å². The Balaban J connectivity index is 3.00. The average Bonchev–Trinajstić information content (AvgIpc) is 2.29. The second kappa shape index (κ2) is 4.02. The summed E-state index contributed by atoms with van der Waals surface area (Å²) >= 11 is 5.26. The van der Waals surface area contributed by atoms with Crippen LogP contribution < -0.4 is 0 Å². The lowest BCUT2D eigenvalue weighted by molar-refractivity contribution is -0.0331. The van der Waals surface area contributed by atoms with E-state index in [1.165, 1.54) is 4.68 Å². The van der Waals surface area contributed by atoms with E-state index in [2.05, 4.69) is 11.3 Å². The summed E-state index contributed by atoms with van der Waals surface area (Å²) in [6.45, 7) is 3.44. The lowest BCUT2D eigenvalue weighted by Gasteiger charge is -2.11. The van der Waals surface area contributed by atoms with Crippen LogP contribution in [0.3, 0.4) is 0 Å². The number of rotatable bonds is 2. The summed E-state index contributed by atoms with van der Waals surface area (Å²) in [4.78, 5) is 0. The Hall–Kier alpha value is -0.360. The molecule has 0 fully saturated rings. The molecule has 0 amide bonds. The van der Waals surface area contributed by atoms with Gasteiger partial charge in [-0.25, -0.2) is 0 Å². The van der Waals surface area contributed by atoms with Gasteiger partial charge in [0.1, 0.15) is 16.2 Å². The van der Waals surface area contributed by atoms with Crippen molar-refractivity contribution in [3.8, 4) is 0 Å². The molecule has 0 aliphatic carbocycles. The van der Waals surface area contributed by atoms with Crippen molar-refractivity contribution in [3.63, 3.8) is 0 Å². The molecule has 0 aliphatic rings. The van der Waals surface area contributed by atoms with Crippen LogP contribution >= 0.6 is 23.4 Å². The highest BCUT2D eigenvalue weighted by atomic mass is 35.5. The maximum absolute atomic E-state index is 12.1. The van der Waals surface area contributed by atoms with Gasteiger partial charge in [-0.15, -0.1) is 0 Å². The molecular weight excluding hydrogens is 237 g/mol. The fourth-order valence-corrected chi connectivity index (χ4v) is 1.78. The highest BCUT2D eigenvalue weighted by Crippen LogP contribution is 2.40. The molecule has 14 heavy (non-hydrogen) atoms. The van der Waals surface area contributed by atoms with E-state index >= 15 is 0 Å². The summed E-state index contributed by atoms with van der Waals surface area (Å²) in [7, 11) is 0. The van der Waals surface area contributed by atoms with Crippen LogP contribution in [0.5, 0.6) is 0 Å². The van der Waals surface area contributed by atoms with Gasteiger partial charge in [-0.2, -0.15) is 18.3 Å². The highest BCUT2D eigenvalue weighted by molar-refractivity contribution is 8.00. The van der Waals surface area contributed by atoms with Crippen molar-refractivity contribution in [2.24, 2.45) is 0 Å². The largest absolute Gasteiger partial charge is 0.447 e. The van der Waals surface area contributed by atoms with Crippen LogP contribution in [0.15, 0.2) is 5.03 Å². The zero-order chi connectivity index (χ0) is 10.9. The summed E-state index contributed by atoms with van der Waals surface area (Å²) in [5.41, 5.74) is -4.36. The van der Waals surface area contributed by atoms with Gasteiger partial charge in [-0.05, 0) is 13.8 Å². The van der Waals surface area contributed by atoms with Gasteiger partial charge in [0.05, 0.1) is 0 Å². The van der Waals surface area contributed by atoms with Crippen LogP contribution in [0.4, 0.5) is 13.2 Å². The Bertz CT molecular complexity index is 321. The van der Waals surface area contributed by atoms with E-state index in [0.717, 1.165) is 0 Å². The molecule has 0 aromatic carbocycles. The first kappa shape index (κ1) is 11.7. The van der Waals surface area contributed by atoms with Crippen LogP contribution in [-0.2, 0) is 0 Å². The number of hydrogen-bond acceptors (Lipinski definition) is 2. The first-order valence-electron chi connectivity index (χ1n) is 3.72. The lowest BCUT2D eigenvalue weighted by Crippen LogP contribution is -2.08. The molecule has 1 aromatic rings. The SMILES string of the molecule is CC(C)n1n[c]c(Cl)c1SC(F)(F)F. The molecule has 0 saturated carbocycles. The number of halogens is 4. The lowest BCUT2D eigenvalue weighted by atomic mass is 10.4. The summed E-state index contributed by atoms with van der Waals surface area (Å²) in [6, 6.07) is -0.177. The van der Waals surface area contributed by atoms with Gasteiger partial charge in [0, 0.05) is 17.8 Å². The van der Waals surface area contributed by atoms with Crippen molar-refractivity contribution >= 4 is 23.4 Å². The topological polar surface area (TPSA) is 17.8 Å². The Morgan fingerprint density at radius 1 is 1.50 bits per heavy atom. The maximum Gasteiger partial charge on any atom is 0.447 e. The smallest absolute Gasteiger partial charge is 0.254 e. The summed E-state index contributed by atoms with van der Waals surface area (Å²) in [5, 5.41) is 3.43. The van der Waals surface area contributed by atoms with Gasteiger partial charge in [0.15, 0.2) is 0 Å². The monoisotopic (exact) mass is 243 g/mol. The van der Waals surface area contributed by atoms with E-state index in [-0.39, 0.29) is 27.9 Å². The first-order chi connectivity index (χ1) is 6.31. The zero-order valence-electron chi connectivity index (χ0n) is 7.39. The predicted octanol–water partition coefficient (Wildman–Crippen LogP) is 3.53. The van der Waals surface area contributed by atoms with Gasteiger partial charge >= 0.3 is 5.51 Å². The van der Waals surface area contributed by atoms with Crippen molar-refractivity contribution in [1.82, 2.24) is 9.78 Å². The zero-order valence-corrected chi connectivity index (χ0v) is 8.96. The fourth-order valence-electron chi connectivity index (χ4n) is 0.843. The van der Waals surface area contributed by atoms with E-state index in [9.17, 15) is 13.2 Å². The summed E-state index contributed by atoms with van der Waals surface area (Å²) < 4.78 is 37.5. The van der Waals surface area contributed by atoms with Gasteiger partial charge in [-0.3, -0.25) is 4.68 Å². The molecule has 2 nitrogen and oxygen atoms in total. The summed E-state index contributed by atoms with van der Waals surface area (Å²) in [5.74, 6) is 0. The molecule has 0 unspecified atom stereocenters. The standard InChI is InChI=1S/C7H7ClF3N2S/c1-4(2)13-6(5(8)3-12-13)14-7(9,10)11/h4H,1-2H3. The molecule has 1 aromatic heterocycles. The van der Waals surface area contributed by atoms with E-state index in [4.69, 9.17) is 11.6 Å². The Morgan fingerprint density at radius 3 is 2.50 bits per heavy atom. The molecule has 0 bridgehead atoms. The van der Waals surface area contributed by atoms with Crippen LogP contribution in [0, 0.1) is 6.20 Å². The normalized spacial score (nSPS) is 12.5. The van der Waals surface area contributed by atoms with E-state index in [1.807, 2.05) is 0 Å². The molecule has 79 valence electrons. The minimum atomic E-state index is -4.36. The molecule has 1 rings (SSSR count). The molecule has 0 aliphatic heterocycles. The molecule has 1 heterocycles. The number of nitrogens with zero attached hydrogens (tertiary/aromatic N) is 2. The average molecular weight is 244 g/mol. The number of aromatic nitrogens is 2. The predicted molar refractivity (Wildman–Crippen MR) is 48.4 cm³/mol. The molecule has 0 spiro atoms. The van der Waals surface area contributed by atoms with Crippen molar-refractivity contribution < 1.29 is 13.2 Å². The molecule has 0 atom stereocenters. The third-order valence-corrected chi connectivity index (χ3v) is 2.54. The number of alkyl halides is 3. The van der Waals surface area contributed by atoms with Crippen LogP contribution in [0.25, 0.3) is 0 Å². The molecule has 1 radical (unpaired) electrons. The van der Waals surface area contributed by atoms with Gasteiger partial charge in [-0.1, -0.05) is 11.6 Å². The molecular formula is C7H7ClF3N2S. The van der Waals surface area contributed by atoms with E-state index < -0.39 is 5.51 Å². The van der Waals surface area contributed by atoms with E-state index in [1.54, 1.807) is 13.8 Å². The quantitative estimate of drug-likeness (QED) is 0.740. The first-order valence-corrected chi connectivity index (χ1v) is 4.92.